The van der Waals surface area contributed by atoms with Crippen LogP contribution in [-0.4, -0.2) is 15.4 Å². The molecule has 0 aromatic heterocycles. The number of phenolic OH excluding ortho intramolecular Hbond substituents is 2. The second-order valence-electron chi connectivity index (χ2n) is 4.20. The molecule has 0 heterocycles. The van der Waals surface area contributed by atoms with Crippen LogP contribution < -0.4 is 0 Å². The van der Waals surface area contributed by atoms with Gasteiger partial charge in [-0.2, -0.15) is 0 Å². The monoisotopic (exact) mass is 271 g/mol. The lowest BCUT2D eigenvalue weighted by Crippen LogP contribution is -1.99. The number of nitrogens with zero attached hydrogens (tertiary/aromatic N) is 1. The first-order chi connectivity index (χ1) is 9.19. The van der Waals surface area contributed by atoms with Crippen LogP contribution in [0.5, 0.6) is 11.5 Å². The molecule has 2 aromatic rings. The Morgan fingerprint density at radius 2 is 1.47 bits per heavy atom. The molecule has 0 spiro atoms. The fraction of sp³-hybridized carbons (Fsp3) is 0.133. The number of thiocarbonyl (C=S) groups is 1. The number of isothiocyanates is 1. The van der Waals surface area contributed by atoms with E-state index in [1.165, 1.54) is 0 Å². The van der Waals surface area contributed by atoms with E-state index in [0.717, 1.165) is 11.1 Å². The summed E-state index contributed by atoms with van der Waals surface area (Å²) in [6.07, 6.45) is 0.661. The third kappa shape index (κ3) is 3.65. The molecule has 3 nitrogen and oxygen atoms in total. The van der Waals surface area contributed by atoms with Crippen molar-refractivity contribution in [3.8, 4) is 11.5 Å². The number of aromatic hydroxyl groups is 2. The maximum Gasteiger partial charge on any atom is 0.115 e. The van der Waals surface area contributed by atoms with Crippen molar-refractivity contribution in [3.05, 3.63) is 59.7 Å². The van der Waals surface area contributed by atoms with Gasteiger partial charge in [0.15, 0.2) is 0 Å². The highest BCUT2D eigenvalue weighted by Gasteiger charge is 2.10. The van der Waals surface area contributed by atoms with E-state index in [-0.39, 0.29) is 17.5 Å². The van der Waals surface area contributed by atoms with Gasteiger partial charge in [0.25, 0.3) is 0 Å². The highest BCUT2D eigenvalue weighted by molar-refractivity contribution is 7.78. The van der Waals surface area contributed by atoms with E-state index in [2.05, 4.69) is 22.4 Å². The van der Waals surface area contributed by atoms with Crippen LogP contribution in [0.1, 0.15) is 17.2 Å². The highest BCUT2D eigenvalue weighted by Crippen LogP contribution is 2.24. The van der Waals surface area contributed by atoms with Gasteiger partial charge in [0.05, 0.1) is 11.2 Å². The van der Waals surface area contributed by atoms with E-state index in [9.17, 15) is 10.2 Å². The van der Waals surface area contributed by atoms with Gasteiger partial charge < -0.3 is 10.2 Å². The smallest absolute Gasteiger partial charge is 0.115 e. The molecule has 0 saturated carbocycles. The van der Waals surface area contributed by atoms with E-state index in [0.29, 0.717) is 6.42 Å². The summed E-state index contributed by atoms with van der Waals surface area (Å²) in [6.45, 7) is 0. The van der Waals surface area contributed by atoms with Crippen molar-refractivity contribution >= 4 is 17.4 Å². The first-order valence-corrected chi connectivity index (χ1v) is 6.23. The van der Waals surface area contributed by atoms with Gasteiger partial charge in [-0.1, -0.05) is 24.3 Å². The normalized spacial score (nSPS) is 11.6. The van der Waals surface area contributed by atoms with Crippen molar-refractivity contribution in [1.29, 1.82) is 0 Å². The van der Waals surface area contributed by atoms with Crippen LogP contribution in [0.15, 0.2) is 53.5 Å². The van der Waals surface area contributed by atoms with Gasteiger partial charge >= 0.3 is 0 Å². The Balaban J connectivity index is 2.23. The minimum absolute atomic E-state index is 0.136. The van der Waals surface area contributed by atoms with E-state index in [1.54, 1.807) is 24.3 Å². The van der Waals surface area contributed by atoms with Crippen LogP contribution in [0.25, 0.3) is 0 Å². The fourth-order valence-corrected chi connectivity index (χ4v) is 1.98. The average molecular weight is 271 g/mol. The molecule has 2 N–H and O–H groups in total. The maximum absolute atomic E-state index is 9.29. The molecule has 0 aliphatic carbocycles. The largest absolute Gasteiger partial charge is 0.508 e. The summed E-state index contributed by atoms with van der Waals surface area (Å²) >= 11 is 4.68. The number of hydrogen-bond donors (Lipinski definition) is 2. The molecule has 0 fully saturated rings. The van der Waals surface area contributed by atoms with Crippen LogP contribution in [0.4, 0.5) is 0 Å². The summed E-state index contributed by atoms with van der Waals surface area (Å²) in [5.41, 5.74) is 2.01. The van der Waals surface area contributed by atoms with Gasteiger partial charge in [0, 0.05) is 0 Å². The lowest BCUT2D eigenvalue weighted by molar-refractivity contribution is 0.474. The predicted octanol–water partition coefficient (Wildman–Crippen LogP) is 3.48. The molecule has 0 aliphatic rings. The number of phenols is 2. The number of hydrogen-bond acceptors (Lipinski definition) is 4. The average Bonchev–Trinajstić information content (AvgIpc) is 2.42. The Bertz CT molecular complexity index is 587. The summed E-state index contributed by atoms with van der Waals surface area (Å²) in [7, 11) is 0. The molecule has 19 heavy (non-hydrogen) atoms. The van der Waals surface area contributed by atoms with Crippen LogP contribution in [0, 0.1) is 0 Å². The Morgan fingerprint density at radius 3 is 2.00 bits per heavy atom. The lowest BCUT2D eigenvalue weighted by Gasteiger charge is -2.11. The van der Waals surface area contributed by atoms with Gasteiger partial charge in [-0.05, 0) is 54.0 Å². The summed E-state index contributed by atoms with van der Waals surface area (Å²) in [4.78, 5) is 4.16. The molecular weight excluding hydrogens is 258 g/mol. The van der Waals surface area contributed by atoms with Gasteiger partial charge in [0.2, 0.25) is 0 Å². The first-order valence-electron chi connectivity index (χ1n) is 5.83. The molecule has 0 bridgehead atoms. The molecule has 0 amide bonds. The molecular formula is C15H13NO2S. The molecule has 96 valence electrons. The third-order valence-electron chi connectivity index (χ3n) is 2.85. The highest BCUT2D eigenvalue weighted by atomic mass is 32.1. The molecule has 4 heteroatoms. The van der Waals surface area contributed by atoms with Crippen LogP contribution in [0.2, 0.25) is 0 Å². The van der Waals surface area contributed by atoms with Gasteiger partial charge in [0.1, 0.15) is 11.5 Å². The molecule has 2 aromatic carbocycles. The molecule has 0 aliphatic heterocycles. The molecule has 0 saturated heterocycles. The number of benzene rings is 2. The summed E-state index contributed by atoms with van der Waals surface area (Å²) in [5.74, 6) is 0.460. The van der Waals surface area contributed by atoms with Gasteiger partial charge in [-0.15, -0.1) is 0 Å². The van der Waals surface area contributed by atoms with Crippen molar-refractivity contribution in [1.82, 2.24) is 0 Å². The summed E-state index contributed by atoms with van der Waals surface area (Å²) in [6, 6.07) is 13.7. The minimum atomic E-state index is -0.136. The Morgan fingerprint density at radius 1 is 0.947 bits per heavy atom. The van der Waals surface area contributed by atoms with Crippen molar-refractivity contribution in [3.63, 3.8) is 0 Å². The zero-order valence-corrected chi connectivity index (χ0v) is 11.0. The van der Waals surface area contributed by atoms with Crippen LogP contribution in [0.3, 0.4) is 0 Å². The predicted molar refractivity (Wildman–Crippen MR) is 77.7 cm³/mol. The Hall–Kier alpha value is -2.16. The quantitative estimate of drug-likeness (QED) is 0.661. The summed E-state index contributed by atoms with van der Waals surface area (Å²) < 4.78 is 0. The van der Waals surface area contributed by atoms with Crippen molar-refractivity contribution in [2.24, 2.45) is 4.99 Å². The van der Waals surface area contributed by atoms with Crippen molar-refractivity contribution in [2.75, 3.05) is 0 Å². The molecule has 2 rings (SSSR count). The van der Waals surface area contributed by atoms with Crippen LogP contribution >= 0.6 is 12.2 Å². The first kappa shape index (κ1) is 13.3. The number of rotatable bonds is 4. The van der Waals surface area contributed by atoms with Crippen molar-refractivity contribution in [2.45, 2.75) is 12.5 Å². The summed E-state index contributed by atoms with van der Waals surface area (Å²) in [5, 5.41) is 21.0. The molecule has 1 atom stereocenters. The van der Waals surface area contributed by atoms with E-state index in [1.807, 2.05) is 24.3 Å². The Labute approximate surface area is 116 Å². The second-order valence-corrected chi connectivity index (χ2v) is 4.38. The van der Waals surface area contributed by atoms with Gasteiger partial charge in [-0.25, -0.2) is 4.99 Å². The van der Waals surface area contributed by atoms with E-state index in [4.69, 9.17) is 0 Å². The third-order valence-corrected chi connectivity index (χ3v) is 2.96. The Kier molecular flexibility index (Phi) is 4.29. The van der Waals surface area contributed by atoms with E-state index < -0.39 is 0 Å². The maximum atomic E-state index is 9.29. The lowest BCUT2D eigenvalue weighted by atomic mass is 9.99. The van der Waals surface area contributed by atoms with Gasteiger partial charge in [-0.3, -0.25) is 0 Å². The number of aliphatic imine (C=N–C) groups is 1. The SMILES string of the molecule is Oc1ccc(CC(N=C=S)c2ccc(O)cc2)cc1. The topological polar surface area (TPSA) is 52.8 Å². The zero-order chi connectivity index (χ0) is 13.7. The standard InChI is InChI=1S/C15H13NO2S/c17-13-5-1-11(2-6-13)9-15(16-10-19)12-3-7-14(18)8-4-12/h1-8,15,17-18H,9H2. The van der Waals surface area contributed by atoms with Crippen molar-refractivity contribution < 1.29 is 10.2 Å². The molecule has 1 unspecified atom stereocenters. The van der Waals surface area contributed by atoms with Crippen LogP contribution in [-0.2, 0) is 6.42 Å². The zero-order valence-electron chi connectivity index (χ0n) is 10.2. The minimum Gasteiger partial charge on any atom is -0.508 e. The second kappa shape index (κ2) is 6.14. The molecule has 0 radical (unpaired) electrons. The fourth-order valence-electron chi connectivity index (χ4n) is 1.85. The van der Waals surface area contributed by atoms with E-state index >= 15 is 0 Å².